The smallest absolute Gasteiger partial charge is 0.0613 e. The molecular weight excluding hydrogens is 438 g/mol. The van der Waals surface area contributed by atoms with Crippen molar-refractivity contribution in [1.29, 1.82) is 0 Å². The summed E-state index contributed by atoms with van der Waals surface area (Å²) in [6.45, 7) is 0. The van der Waals surface area contributed by atoms with Gasteiger partial charge in [0.25, 0.3) is 0 Å². The zero-order chi connectivity index (χ0) is 19.9. The van der Waals surface area contributed by atoms with Crippen LogP contribution < -0.4 is 10.9 Å². The molecule has 0 fully saturated rings. The van der Waals surface area contributed by atoms with Crippen LogP contribution in [-0.2, 0) is 0 Å². The van der Waals surface area contributed by atoms with Gasteiger partial charge in [-0.2, -0.15) is 10.2 Å². The highest BCUT2D eigenvalue weighted by Crippen LogP contribution is 2.25. The normalized spacial score (nSPS) is 11.3. The maximum absolute atomic E-state index is 5.98. The molecule has 0 aliphatic rings. The predicted molar refractivity (Wildman–Crippen MR) is 122 cm³/mol. The van der Waals surface area contributed by atoms with E-state index in [0.29, 0.717) is 20.1 Å². The van der Waals surface area contributed by atoms with Crippen molar-refractivity contribution in [3.8, 4) is 0 Å². The summed E-state index contributed by atoms with van der Waals surface area (Å²) in [5.74, 6) is 0. The Morgan fingerprint density at radius 3 is 1.46 bits per heavy atom. The van der Waals surface area contributed by atoms with Gasteiger partial charge in [-0.15, -0.1) is 0 Å². The molecule has 0 amide bonds. The van der Waals surface area contributed by atoms with E-state index in [9.17, 15) is 0 Å². The first kappa shape index (κ1) is 20.5. The lowest BCUT2D eigenvalue weighted by molar-refractivity contribution is 1.34. The Balaban J connectivity index is 1.61. The van der Waals surface area contributed by atoms with Crippen molar-refractivity contribution < 1.29 is 0 Å². The number of hydrogen-bond donors (Lipinski definition) is 2. The van der Waals surface area contributed by atoms with E-state index in [2.05, 4.69) is 21.1 Å². The van der Waals surface area contributed by atoms with Crippen LogP contribution in [0.3, 0.4) is 0 Å². The van der Waals surface area contributed by atoms with Crippen molar-refractivity contribution in [2.24, 2.45) is 10.2 Å². The van der Waals surface area contributed by atoms with Crippen molar-refractivity contribution in [2.75, 3.05) is 10.9 Å². The highest BCUT2D eigenvalue weighted by atomic mass is 35.5. The largest absolute Gasteiger partial charge is 0.278 e. The second-order valence-corrected chi connectivity index (χ2v) is 7.30. The predicted octanol–water partition coefficient (Wildman–Crippen LogP) is 7.19. The zero-order valence-electron chi connectivity index (χ0n) is 14.3. The van der Waals surface area contributed by atoms with Gasteiger partial charge in [-0.25, -0.2) is 0 Å². The SMILES string of the molecule is Clc1ccc(N/N=C/c2cccc(/C=N/Nc3ccc(Cl)c(Cl)c3)c2)cc1Cl. The molecule has 0 saturated heterocycles. The lowest BCUT2D eigenvalue weighted by Crippen LogP contribution is -1.93. The fraction of sp³-hybridized carbons (Fsp3) is 0. The molecule has 4 nitrogen and oxygen atoms in total. The van der Waals surface area contributed by atoms with Gasteiger partial charge in [0.1, 0.15) is 0 Å². The first-order chi connectivity index (χ1) is 13.5. The maximum Gasteiger partial charge on any atom is 0.0613 e. The Bertz CT molecular complexity index is 956. The van der Waals surface area contributed by atoms with Crippen LogP contribution in [-0.4, -0.2) is 12.4 Å². The topological polar surface area (TPSA) is 48.8 Å². The summed E-state index contributed by atoms with van der Waals surface area (Å²) in [6, 6.07) is 18.2. The summed E-state index contributed by atoms with van der Waals surface area (Å²) in [7, 11) is 0. The number of hydrogen-bond acceptors (Lipinski definition) is 4. The van der Waals surface area contributed by atoms with E-state index in [0.717, 1.165) is 22.5 Å². The van der Waals surface area contributed by atoms with E-state index in [4.69, 9.17) is 46.4 Å². The first-order valence-electron chi connectivity index (χ1n) is 8.09. The van der Waals surface area contributed by atoms with E-state index >= 15 is 0 Å². The van der Waals surface area contributed by atoms with Crippen molar-refractivity contribution in [2.45, 2.75) is 0 Å². The highest BCUT2D eigenvalue weighted by molar-refractivity contribution is 6.42. The number of benzene rings is 3. The molecular formula is C20H14Cl4N4. The van der Waals surface area contributed by atoms with Crippen LogP contribution in [0.15, 0.2) is 70.9 Å². The molecule has 0 aliphatic carbocycles. The molecule has 0 spiro atoms. The van der Waals surface area contributed by atoms with Crippen LogP contribution >= 0.6 is 46.4 Å². The summed E-state index contributed by atoms with van der Waals surface area (Å²) in [5.41, 5.74) is 9.13. The lowest BCUT2D eigenvalue weighted by Gasteiger charge is -2.03. The molecule has 0 aliphatic heterocycles. The maximum atomic E-state index is 5.98. The minimum atomic E-state index is 0.467. The zero-order valence-corrected chi connectivity index (χ0v) is 17.4. The van der Waals surface area contributed by atoms with Gasteiger partial charge in [0.05, 0.1) is 43.9 Å². The molecule has 0 atom stereocenters. The van der Waals surface area contributed by atoms with E-state index in [1.807, 2.05) is 24.3 Å². The Morgan fingerprint density at radius 1 is 0.571 bits per heavy atom. The van der Waals surface area contributed by atoms with Gasteiger partial charge in [-0.1, -0.05) is 64.6 Å². The molecule has 8 heteroatoms. The summed E-state index contributed by atoms with van der Waals surface area (Å²) in [4.78, 5) is 0. The fourth-order valence-corrected chi connectivity index (χ4v) is 2.81. The Morgan fingerprint density at radius 2 is 1.04 bits per heavy atom. The highest BCUT2D eigenvalue weighted by Gasteiger charge is 1.99. The second kappa shape index (κ2) is 9.80. The van der Waals surface area contributed by atoms with E-state index in [-0.39, 0.29) is 0 Å². The molecule has 3 rings (SSSR count). The summed E-state index contributed by atoms with van der Waals surface area (Å²) >= 11 is 23.8. The summed E-state index contributed by atoms with van der Waals surface area (Å²) in [6.07, 6.45) is 3.40. The monoisotopic (exact) mass is 450 g/mol. The van der Waals surface area contributed by atoms with Gasteiger partial charge in [0.2, 0.25) is 0 Å². The number of nitrogens with zero attached hydrogens (tertiary/aromatic N) is 2. The average Bonchev–Trinajstić information content (AvgIpc) is 2.68. The van der Waals surface area contributed by atoms with Gasteiger partial charge in [0.15, 0.2) is 0 Å². The van der Waals surface area contributed by atoms with Gasteiger partial charge in [-0.05, 0) is 53.6 Å². The third-order valence-corrected chi connectivity index (χ3v) is 5.04. The lowest BCUT2D eigenvalue weighted by atomic mass is 10.1. The van der Waals surface area contributed by atoms with Crippen molar-refractivity contribution in [3.63, 3.8) is 0 Å². The molecule has 28 heavy (non-hydrogen) atoms. The van der Waals surface area contributed by atoms with Crippen molar-refractivity contribution >= 4 is 70.2 Å². The van der Waals surface area contributed by atoms with E-state index < -0.39 is 0 Å². The molecule has 3 aromatic rings. The minimum absolute atomic E-state index is 0.467. The number of halogens is 4. The van der Waals surface area contributed by atoms with E-state index in [1.54, 1.807) is 48.8 Å². The number of nitrogens with one attached hydrogen (secondary N) is 2. The molecule has 0 bridgehead atoms. The quantitative estimate of drug-likeness (QED) is 0.307. The third-order valence-electron chi connectivity index (χ3n) is 3.56. The van der Waals surface area contributed by atoms with E-state index in [1.165, 1.54) is 0 Å². The average molecular weight is 452 g/mol. The van der Waals surface area contributed by atoms with Crippen LogP contribution in [0.2, 0.25) is 20.1 Å². The van der Waals surface area contributed by atoms with Crippen LogP contribution in [0, 0.1) is 0 Å². The van der Waals surface area contributed by atoms with Crippen molar-refractivity contribution in [3.05, 3.63) is 91.9 Å². The molecule has 142 valence electrons. The van der Waals surface area contributed by atoms with Crippen LogP contribution in [0.5, 0.6) is 0 Å². The molecule has 3 aromatic carbocycles. The van der Waals surface area contributed by atoms with Crippen LogP contribution in [0.25, 0.3) is 0 Å². The van der Waals surface area contributed by atoms with Crippen molar-refractivity contribution in [1.82, 2.24) is 0 Å². The van der Waals surface area contributed by atoms with Gasteiger partial charge < -0.3 is 0 Å². The third kappa shape index (κ3) is 5.88. The molecule has 0 saturated carbocycles. The van der Waals surface area contributed by atoms with Crippen LogP contribution in [0.4, 0.5) is 11.4 Å². The number of rotatable bonds is 6. The Labute approximate surface area is 182 Å². The fourth-order valence-electron chi connectivity index (χ4n) is 2.21. The van der Waals surface area contributed by atoms with Gasteiger partial charge in [0, 0.05) is 0 Å². The van der Waals surface area contributed by atoms with Gasteiger partial charge >= 0.3 is 0 Å². The van der Waals surface area contributed by atoms with Gasteiger partial charge in [-0.3, -0.25) is 10.9 Å². The summed E-state index contributed by atoms with van der Waals surface area (Å²) in [5, 5.41) is 10.3. The molecule has 2 N–H and O–H groups in total. The Kier molecular flexibility index (Phi) is 7.18. The standard InChI is InChI=1S/C20H14Cl4N4/c21-17-6-4-15(9-19(17)23)27-25-11-13-2-1-3-14(8-13)12-26-28-16-5-7-18(22)20(24)10-16/h1-12,27-28H/b25-11+,26-12+. The summed E-state index contributed by atoms with van der Waals surface area (Å²) < 4.78 is 0. The molecule has 0 unspecified atom stereocenters. The Hall–Kier alpha value is -2.24. The molecule has 0 aromatic heterocycles. The molecule has 0 radical (unpaired) electrons. The number of anilines is 2. The van der Waals surface area contributed by atoms with Crippen LogP contribution in [0.1, 0.15) is 11.1 Å². The molecule has 0 heterocycles. The minimum Gasteiger partial charge on any atom is -0.278 e. The first-order valence-corrected chi connectivity index (χ1v) is 9.61. The number of hydrazone groups is 2. The second-order valence-electron chi connectivity index (χ2n) is 5.67.